The Kier molecular flexibility index (Phi) is 12.8. The van der Waals surface area contributed by atoms with E-state index in [4.69, 9.17) is 42.1 Å². The number of carbonyl (C=O) groups excluding carboxylic acids is 2. The Morgan fingerprint density at radius 1 is 0.848 bits per heavy atom. The average molecular weight is 697 g/mol. The maximum atomic E-state index is 14.4. The van der Waals surface area contributed by atoms with E-state index in [1.54, 1.807) is 31.2 Å². The van der Waals surface area contributed by atoms with Crippen LogP contribution in [0, 0.1) is 0 Å². The van der Waals surface area contributed by atoms with Gasteiger partial charge in [0.15, 0.2) is 11.5 Å². The molecule has 0 aliphatic carbocycles. The maximum Gasteiger partial charge on any atom is 0.265 e. The molecule has 2 unspecified atom stereocenters. The van der Waals surface area contributed by atoms with Crippen LogP contribution in [0.3, 0.4) is 0 Å². The summed E-state index contributed by atoms with van der Waals surface area (Å²) in [6, 6.07) is 12.3. The summed E-state index contributed by atoms with van der Waals surface area (Å²) in [5.74, 6) is -0.196. The van der Waals surface area contributed by atoms with Crippen molar-refractivity contribution in [3.63, 3.8) is 0 Å². The molecule has 2 amide bonds. The van der Waals surface area contributed by atoms with Crippen molar-refractivity contribution in [3.8, 4) is 23.0 Å². The number of halogens is 2. The number of sulfonamides is 1. The Balaban J connectivity index is 2.20. The van der Waals surface area contributed by atoms with E-state index in [0.717, 1.165) is 4.31 Å². The number of rotatable bonds is 15. The van der Waals surface area contributed by atoms with Crippen molar-refractivity contribution in [2.45, 2.75) is 50.7 Å². The first-order chi connectivity index (χ1) is 21.8. The molecule has 0 saturated heterocycles. The minimum Gasteiger partial charge on any atom is -0.497 e. The summed E-state index contributed by atoms with van der Waals surface area (Å²) < 4.78 is 51.3. The molecule has 46 heavy (non-hydrogen) atoms. The van der Waals surface area contributed by atoms with Crippen molar-refractivity contribution in [1.29, 1.82) is 0 Å². The van der Waals surface area contributed by atoms with Crippen LogP contribution in [0.4, 0.5) is 5.69 Å². The molecule has 3 aromatic carbocycles. The van der Waals surface area contributed by atoms with Crippen molar-refractivity contribution < 1.29 is 37.0 Å². The molecule has 3 rings (SSSR count). The van der Waals surface area contributed by atoms with Crippen molar-refractivity contribution in [3.05, 3.63) is 70.2 Å². The molecule has 2 atom stereocenters. The molecule has 0 radical (unpaired) electrons. The highest BCUT2D eigenvalue weighted by atomic mass is 35.5. The molecular formula is C32H39Cl2N3O8S. The quantitative estimate of drug-likeness (QED) is 0.219. The van der Waals surface area contributed by atoms with Gasteiger partial charge in [-0.3, -0.25) is 13.9 Å². The molecular weight excluding hydrogens is 657 g/mol. The van der Waals surface area contributed by atoms with Gasteiger partial charge >= 0.3 is 0 Å². The second-order valence-electron chi connectivity index (χ2n) is 10.3. The van der Waals surface area contributed by atoms with Gasteiger partial charge in [-0.05, 0) is 56.7 Å². The number of ether oxygens (including phenoxy) is 4. The molecule has 0 aliphatic rings. The van der Waals surface area contributed by atoms with E-state index in [0.29, 0.717) is 23.5 Å². The number of nitrogens with zero attached hydrogens (tertiary/aromatic N) is 2. The van der Waals surface area contributed by atoms with Gasteiger partial charge in [-0.1, -0.05) is 36.2 Å². The van der Waals surface area contributed by atoms with Crippen molar-refractivity contribution in [2.24, 2.45) is 0 Å². The van der Waals surface area contributed by atoms with Gasteiger partial charge in [0.1, 0.15) is 24.1 Å². The highest BCUT2D eigenvalue weighted by Crippen LogP contribution is 2.38. The first-order valence-corrected chi connectivity index (χ1v) is 16.5. The Labute approximate surface area is 280 Å². The van der Waals surface area contributed by atoms with Crippen LogP contribution in [0.5, 0.6) is 23.0 Å². The summed E-state index contributed by atoms with van der Waals surface area (Å²) in [5.41, 5.74) is 0.424. The van der Waals surface area contributed by atoms with Crippen LogP contribution in [0.2, 0.25) is 10.0 Å². The van der Waals surface area contributed by atoms with E-state index >= 15 is 0 Å². The number of hydrogen-bond donors (Lipinski definition) is 1. The Bertz CT molecular complexity index is 1630. The monoisotopic (exact) mass is 695 g/mol. The van der Waals surface area contributed by atoms with Gasteiger partial charge < -0.3 is 29.2 Å². The molecule has 0 fully saturated rings. The molecule has 3 aromatic rings. The normalized spacial score (nSPS) is 12.5. The second-order valence-corrected chi connectivity index (χ2v) is 13.0. The lowest BCUT2D eigenvalue weighted by molar-refractivity contribution is -0.139. The van der Waals surface area contributed by atoms with E-state index < -0.39 is 34.4 Å². The zero-order valence-corrected chi connectivity index (χ0v) is 29.1. The molecule has 1 N–H and O–H groups in total. The molecule has 0 bridgehead atoms. The number of carbonyl (C=O) groups is 2. The van der Waals surface area contributed by atoms with Gasteiger partial charge in [-0.2, -0.15) is 0 Å². The van der Waals surface area contributed by atoms with Crippen LogP contribution < -0.4 is 28.6 Å². The summed E-state index contributed by atoms with van der Waals surface area (Å²) in [6.45, 7) is 4.41. The van der Waals surface area contributed by atoms with Crippen molar-refractivity contribution >= 4 is 50.7 Å². The third kappa shape index (κ3) is 8.28. The van der Waals surface area contributed by atoms with E-state index in [9.17, 15) is 18.0 Å². The summed E-state index contributed by atoms with van der Waals surface area (Å²) in [7, 11) is 1.12. The second kappa shape index (κ2) is 16.1. The number of nitrogens with one attached hydrogen (secondary N) is 1. The fourth-order valence-electron chi connectivity index (χ4n) is 4.51. The number of anilines is 1. The zero-order chi connectivity index (χ0) is 34.2. The van der Waals surface area contributed by atoms with Crippen LogP contribution in [-0.4, -0.2) is 72.2 Å². The molecule has 0 saturated carbocycles. The third-order valence-corrected chi connectivity index (χ3v) is 9.90. The fraction of sp³-hybridized carbons (Fsp3) is 0.375. The van der Waals surface area contributed by atoms with Gasteiger partial charge in [-0.15, -0.1) is 0 Å². The summed E-state index contributed by atoms with van der Waals surface area (Å²) in [4.78, 5) is 28.7. The molecule has 250 valence electrons. The Hall–Kier alpha value is -3.87. The van der Waals surface area contributed by atoms with E-state index in [-0.39, 0.29) is 44.7 Å². The van der Waals surface area contributed by atoms with Gasteiger partial charge in [-0.25, -0.2) is 8.42 Å². The highest BCUT2D eigenvalue weighted by molar-refractivity contribution is 7.92. The summed E-state index contributed by atoms with van der Waals surface area (Å²) in [5, 5.41) is 3.45. The molecule has 0 aromatic heterocycles. The number of methoxy groups -OCH3 is 4. The van der Waals surface area contributed by atoms with Gasteiger partial charge in [0, 0.05) is 40.3 Å². The molecule has 14 heteroatoms. The maximum absolute atomic E-state index is 14.4. The van der Waals surface area contributed by atoms with Gasteiger partial charge in [0.05, 0.1) is 39.0 Å². The lowest BCUT2D eigenvalue weighted by Crippen LogP contribution is -2.52. The zero-order valence-electron chi connectivity index (χ0n) is 26.8. The number of benzene rings is 3. The molecule has 0 aliphatic heterocycles. The van der Waals surface area contributed by atoms with Gasteiger partial charge in [0.2, 0.25) is 11.8 Å². The van der Waals surface area contributed by atoms with Crippen LogP contribution in [0.15, 0.2) is 59.5 Å². The van der Waals surface area contributed by atoms with Gasteiger partial charge in [0.25, 0.3) is 10.0 Å². The Morgan fingerprint density at radius 2 is 1.46 bits per heavy atom. The van der Waals surface area contributed by atoms with Crippen molar-refractivity contribution in [1.82, 2.24) is 10.2 Å². The topological polar surface area (TPSA) is 124 Å². The highest BCUT2D eigenvalue weighted by Gasteiger charge is 2.35. The number of hydrogen-bond acceptors (Lipinski definition) is 8. The van der Waals surface area contributed by atoms with Crippen LogP contribution in [0.25, 0.3) is 0 Å². The average Bonchev–Trinajstić information content (AvgIpc) is 3.05. The van der Waals surface area contributed by atoms with E-state index in [1.165, 1.54) is 63.7 Å². The van der Waals surface area contributed by atoms with Crippen molar-refractivity contribution in [2.75, 3.05) is 39.3 Å². The lowest BCUT2D eigenvalue weighted by Gasteiger charge is -2.33. The fourth-order valence-corrected chi connectivity index (χ4v) is 6.46. The summed E-state index contributed by atoms with van der Waals surface area (Å²) >= 11 is 12.9. The SMILES string of the molecule is CCC(C)NC(=O)C(C)N(Cc1c(Cl)cccc1Cl)C(=O)CN(c1cc(OC)ccc1OC)S(=O)(=O)c1ccc(OC)c(OC)c1. The number of amides is 2. The standard InChI is InChI=1S/C32H39Cl2N3O8S/c1-8-20(2)35-32(39)21(3)36(18-24-25(33)10-9-11-26(24)34)31(38)19-37(27-16-22(42-4)12-14-28(27)43-5)46(40,41)23-13-15-29(44-6)30(17-23)45-7/h9-17,20-21H,8,18-19H2,1-7H3,(H,35,39). The molecule has 11 nitrogen and oxygen atoms in total. The van der Waals surface area contributed by atoms with Crippen LogP contribution >= 0.6 is 23.2 Å². The largest absolute Gasteiger partial charge is 0.497 e. The minimum atomic E-state index is -4.49. The van der Waals surface area contributed by atoms with E-state index in [1.807, 2.05) is 13.8 Å². The minimum absolute atomic E-state index is 0.0254. The first-order valence-electron chi connectivity index (χ1n) is 14.3. The molecule has 0 spiro atoms. The first kappa shape index (κ1) is 36.6. The molecule has 0 heterocycles. The van der Waals surface area contributed by atoms with Crippen LogP contribution in [0.1, 0.15) is 32.8 Å². The van der Waals surface area contributed by atoms with Crippen LogP contribution in [-0.2, 0) is 26.2 Å². The predicted octanol–water partition coefficient (Wildman–Crippen LogP) is 5.56. The predicted molar refractivity (Wildman–Crippen MR) is 178 cm³/mol. The Morgan fingerprint density at radius 3 is 2.02 bits per heavy atom. The smallest absolute Gasteiger partial charge is 0.265 e. The third-order valence-electron chi connectivity index (χ3n) is 7.44. The summed E-state index contributed by atoms with van der Waals surface area (Å²) in [6.07, 6.45) is 0.662. The van der Waals surface area contributed by atoms with E-state index in [2.05, 4.69) is 5.32 Å². The lowest BCUT2D eigenvalue weighted by atomic mass is 10.1.